The van der Waals surface area contributed by atoms with Crippen molar-refractivity contribution in [3.63, 3.8) is 0 Å². The second-order valence-corrected chi connectivity index (χ2v) is 11.6. The number of ether oxygens (including phenoxy) is 6. The van der Waals surface area contributed by atoms with E-state index in [1.807, 2.05) is 103 Å². The molecule has 5 aromatic carbocycles. The summed E-state index contributed by atoms with van der Waals surface area (Å²) in [6, 6.07) is 50.6. The van der Waals surface area contributed by atoms with Crippen molar-refractivity contribution in [2.45, 2.75) is 63.7 Å². The third-order valence-electron chi connectivity index (χ3n) is 8.10. The lowest BCUT2D eigenvalue weighted by Gasteiger charge is -2.29. The van der Waals surface area contributed by atoms with Gasteiger partial charge in [-0.25, -0.2) is 0 Å². The van der Waals surface area contributed by atoms with E-state index in [2.05, 4.69) is 48.5 Å². The highest BCUT2D eigenvalue weighted by molar-refractivity contribution is 5.17. The van der Waals surface area contributed by atoms with Crippen molar-refractivity contribution in [1.82, 2.24) is 0 Å². The average molecular weight is 631 g/mol. The molecule has 0 unspecified atom stereocenters. The minimum absolute atomic E-state index is 0.300. The molecule has 0 amide bonds. The lowest BCUT2D eigenvalue weighted by molar-refractivity contribution is -0.202. The van der Waals surface area contributed by atoms with Gasteiger partial charge in [0.25, 0.3) is 0 Å². The van der Waals surface area contributed by atoms with Gasteiger partial charge in [-0.3, -0.25) is 0 Å². The van der Waals surface area contributed by atoms with Crippen LogP contribution >= 0.6 is 0 Å². The van der Waals surface area contributed by atoms with E-state index < -0.39 is 30.7 Å². The molecule has 5 aromatic rings. The van der Waals surface area contributed by atoms with E-state index in [9.17, 15) is 0 Å². The van der Waals surface area contributed by atoms with Gasteiger partial charge in [0.05, 0.1) is 39.6 Å². The number of benzene rings is 5. The molecule has 0 N–H and O–H groups in total. The molecule has 5 atom stereocenters. The molecule has 0 bridgehead atoms. The molecular weight excluding hydrogens is 588 g/mol. The number of rotatable bonds is 17. The summed E-state index contributed by atoms with van der Waals surface area (Å²) in [5.74, 6) is 0. The van der Waals surface area contributed by atoms with Crippen molar-refractivity contribution in [3.8, 4) is 0 Å². The predicted octanol–water partition coefficient (Wildman–Crippen LogP) is 7.90. The normalized spacial score (nSPS) is 19.8. The van der Waals surface area contributed by atoms with Gasteiger partial charge in [0.1, 0.15) is 24.4 Å². The van der Waals surface area contributed by atoms with Crippen LogP contribution in [-0.2, 0) is 61.5 Å². The van der Waals surface area contributed by atoms with E-state index in [1.54, 1.807) is 0 Å². The minimum Gasteiger partial charge on any atom is -0.374 e. The first-order valence-corrected chi connectivity index (χ1v) is 16.2. The van der Waals surface area contributed by atoms with Gasteiger partial charge in [0.2, 0.25) is 0 Å². The van der Waals surface area contributed by atoms with Gasteiger partial charge in [-0.2, -0.15) is 0 Å². The maximum Gasteiger partial charge on any atom is 0.187 e. The third kappa shape index (κ3) is 9.92. The quantitative estimate of drug-likeness (QED) is 0.104. The van der Waals surface area contributed by atoms with Crippen LogP contribution < -0.4 is 0 Å². The molecule has 0 saturated carbocycles. The van der Waals surface area contributed by atoms with Gasteiger partial charge in [-0.1, -0.05) is 152 Å². The van der Waals surface area contributed by atoms with Gasteiger partial charge in [-0.15, -0.1) is 0 Å². The van der Waals surface area contributed by atoms with E-state index >= 15 is 0 Å². The minimum atomic E-state index is -0.693. The molecular formula is C41H42O6. The average Bonchev–Trinajstić information content (AvgIpc) is 3.49. The van der Waals surface area contributed by atoms with Crippen LogP contribution in [0.3, 0.4) is 0 Å². The molecule has 1 fully saturated rings. The summed E-state index contributed by atoms with van der Waals surface area (Å²) in [5.41, 5.74) is 5.32. The Morgan fingerprint density at radius 1 is 0.426 bits per heavy atom. The molecule has 6 heteroatoms. The Hall–Kier alpha value is -4.14. The van der Waals surface area contributed by atoms with Crippen molar-refractivity contribution in [2.24, 2.45) is 0 Å². The Bertz CT molecular complexity index is 1550. The first-order chi connectivity index (χ1) is 23.3. The lowest BCUT2D eigenvalue weighted by atomic mass is 10.0. The maximum absolute atomic E-state index is 6.76. The van der Waals surface area contributed by atoms with Crippen LogP contribution in [0.5, 0.6) is 0 Å². The van der Waals surface area contributed by atoms with Gasteiger partial charge in [-0.05, 0) is 27.8 Å². The third-order valence-corrected chi connectivity index (χ3v) is 8.10. The summed E-state index contributed by atoms with van der Waals surface area (Å²) < 4.78 is 39.5. The summed E-state index contributed by atoms with van der Waals surface area (Å²) in [6.07, 6.45) is -2.71. The fourth-order valence-corrected chi connectivity index (χ4v) is 5.62. The molecule has 6 rings (SSSR count). The van der Waals surface area contributed by atoms with Crippen LogP contribution in [0, 0.1) is 0 Å². The Morgan fingerprint density at radius 2 is 0.809 bits per heavy atom. The van der Waals surface area contributed by atoms with Crippen LogP contribution in [0.25, 0.3) is 0 Å². The largest absolute Gasteiger partial charge is 0.374 e. The van der Waals surface area contributed by atoms with Crippen molar-refractivity contribution in [2.75, 3.05) is 6.61 Å². The highest BCUT2D eigenvalue weighted by atomic mass is 16.7. The summed E-state index contributed by atoms with van der Waals surface area (Å²) in [4.78, 5) is 0. The molecule has 1 aliphatic rings. The molecule has 6 nitrogen and oxygen atoms in total. The maximum atomic E-state index is 6.76. The Morgan fingerprint density at radius 3 is 1.28 bits per heavy atom. The van der Waals surface area contributed by atoms with Gasteiger partial charge in [0, 0.05) is 0 Å². The Kier molecular flexibility index (Phi) is 12.3. The predicted molar refractivity (Wildman–Crippen MR) is 181 cm³/mol. The highest BCUT2D eigenvalue weighted by Crippen LogP contribution is 2.33. The molecule has 242 valence electrons. The standard InChI is InChI=1S/C41H42O6/c1-6-16-32(17-7-1)26-42-31-37(43-27-33-18-8-2-9-19-33)38-39(44-28-34-20-10-3-11-21-34)40(45-29-35-22-12-4-13-23-35)41(47-38)46-30-36-24-14-5-15-25-36/h1-25,37-41H,26-31H2/t37-,38+,39+,40-,41-/m1/s1. The Labute approximate surface area is 277 Å². The Balaban J connectivity index is 1.26. The molecule has 47 heavy (non-hydrogen) atoms. The summed E-state index contributed by atoms with van der Waals surface area (Å²) in [6.45, 7) is 2.30. The SMILES string of the molecule is c1ccc(COC[C@@H](OCc2ccccc2)[C@@H]2O[C@@H](OCc3ccccc3)[C@H](OCc3ccccc3)[C@H]2OCc2ccccc2)cc1. The topological polar surface area (TPSA) is 55.4 Å². The van der Waals surface area contributed by atoms with Crippen molar-refractivity contribution in [3.05, 3.63) is 179 Å². The van der Waals surface area contributed by atoms with Crippen LogP contribution in [-0.4, -0.2) is 37.3 Å². The second-order valence-electron chi connectivity index (χ2n) is 11.6. The lowest BCUT2D eigenvalue weighted by Crippen LogP contribution is -2.45. The fraction of sp³-hybridized carbons (Fsp3) is 0.268. The van der Waals surface area contributed by atoms with Crippen LogP contribution in [0.4, 0.5) is 0 Å². The molecule has 0 spiro atoms. The molecule has 0 aromatic heterocycles. The van der Waals surface area contributed by atoms with Crippen LogP contribution in [0.1, 0.15) is 27.8 Å². The number of hydrogen-bond acceptors (Lipinski definition) is 6. The zero-order valence-electron chi connectivity index (χ0n) is 26.5. The fourth-order valence-electron chi connectivity index (χ4n) is 5.62. The van der Waals surface area contributed by atoms with Gasteiger partial charge in [0.15, 0.2) is 6.29 Å². The summed E-state index contributed by atoms with van der Waals surface area (Å²) in [7, 11) is 0. The van der Waals surface area contributed by atoms with Crippen molar-refractivity contribution < 1.29 is 28.4 Å². The summed E-state index contributed by atoms with van der Waals surface area (Å²) >= 11 is 0. The van der Waals surface area contributed by atoms with E-state index in [1.165, 1.54) is 0 Å². The van der Waals surface area contributed by atoms with Crippen molar-refractivity contribution >= 4 is 0 Å². The van der Waals surface area contributed by atoms with Gasteiger partial charge < -0.3 is 28.4 Å². The first-order valence-electron chi connectivity index (χ1n) is 16.2. The summed E-state index contributed by atoms with van der Waals surface area (Å²) in [5, 5.41) is 0. The molecule has 0 radical (unpaired) electrons. The van der Waals surface area contributed by atoms with Crippen LogP contribution in [0.15, 0.2) is 152 Å². The van der Waals surface area contributed by atoms with E-state index in [0.29, 0.717) is 39.6 Å². The van der Waals surface area contributed by atoms with Crippen LogP contribution in [0.2, 0.25) is 0 Å². The second kappa shape index (κ2) is 17.7. The van der Waals surface area contributed by atoms with E-state index in [4.69, 9.17) is 28.4 Å². The first kappa shape index (κ1) is 32.8. The molecule has 1 saturated heterocycles. The van der Waals surface area contributed by atoms with E-state index in [-0.39, 0.29) is 0 Å². The monoisotopic (exact) mass is 630 g/mol. The zero-order valence-corrected chi connectivity index (χ0v) is 26.5. The smallest absolute Gasteiger partial charge is 0.187 e. The van der Waals surface area contributed by atoms with Crippen molar-refractivity contribution in [1.29, 1.82) is 0 Å². The molecule has 0 aliphatic carbocycles. The van der Waals surface area contributed by atoms with Gasteiger partial charge >= 0.3 is 0 Å². The zero-order chi connectivity index (χ0) is 31.9. The molecule has 1 aliphatic heterocycles. The van der Waals surface area contributed by atoms with E-state index in [0.717, 1.165) is 27.8 Å². The molecule has 1 heterocycles. The number of hydrogen-bond donors (Lipinski definition) is 0. The highest BCUT2D eigenvalue weighted by Gasteiger charge is 2.50.